The number of amides is 2. The molecule has 1 aliphatic carbocycles. The molecule has 0 spiro atoms. The summed E-state index contributed by atoms with van der Waals surface area (Å²) in [7, 11) is 4.07. The lowest BCUT2D eigenvalue weighted by Crippen LogP contribution is -2.43. The van der Waals surface area contributed by atoms with Gasteiger partial charge in [-0.15, -0.1) is 0 Å². The van der Waals surface area contributed by atoms with Gasteiger partial charge in [0.05, 0.1) is 6.10 Å². The Labute approximate surface area is 145 Å². The minimum absolute atomic E-state index is 0.00681. The number of likely N-dealkylation sites (N-methyl/N-ethyl adjacent to an activating group) is 1. The molecular weight excluding hydrogens is 302 g/mol. The summed E-state index contributed by atoms with van der Waals surface area (Å²) in [5.41, 5.74) is 3.68. The number of ether oxygens (including phenoxy) is 1. The number of carbonyl (C=O) groups excluding carboxylic acids is 1. The average Bonchev–Trinajstić information content (AvgIpc) is 3.22. The molecule has 2 aliphatic rings. The Bertz CT molecular complexity index is 568. The van der Waals surface area contributed by atoms with Gasteiger partial charge in [-0.2, -0.15) is 0 Å². The van der Waals surface area contributed by atoms with Crippen molar-refractivity contribution in [3.8, 4) is 0 Å². The fourth-order valence-corrected chi connectivity index (χ4v) is 3.56. The van der Waals surface area contributed by atoms with Crippen molar-refractivity contribution < 1.29 is 9.53 Å². The Balaban J connectivity index is 1.67. The summed E-state index contributed by atoms with van der Waals surface area (Å²) >= 11 is 0. The van der Waals surface area contributed by atoms with E-state index < -0.39 is 0 Å². The Kier molecular flexibility index (Phi) is 5.74. The first kappa shape index (κ1) is 17.2. The highest BCUT2D eigenvalue weighted by Crippen LogP contribution is 2.29. The second kappa shape index (κ2) is 7.99. The van der Waals surface area contributed by atoms with Crippen molar-refractivity contribution in [3.05, 3.63) is 29.3 Å². The van der Waals surface area contributed by atoms with Crippen molar-refractivity contribution in [2.45, 2.75) is 38.2 Å². The largest absolute Gasteiger partial charge is 0.376 e. The number of nitrogens with one attached hydrogen (secondary N) is 1. The van der Waals surface area contributed by atoms with Crippen molar-refractivity contribution in [1.29, 1.82) is 0 Å². The van der Waals surface area contributed by atoms with Crippen LogP contribution in [0.5, 0.6) is 0 Å². The van der Waals surface area contributed by atoms with E-state index >= 15 is 0 Å². The van der Waals surface area contributed by atoms with E-state index in [0.29, 0.717) is 13.1 Å². The topological polar surface area (TPSA) is 44.8 Å². The maximum Gasteiger partial charge on any atom is 0.321 e. The van der Waals surface area contributed by atoms with E-state index in [9.17, 15) is 4.79 Å². The van der Waals surface area contributed by atoms with Crippen LogP contribution in [-0.2, 0) is 17.6 Å². The van der Waals surface area contributed by atoms with Crippen LogP contribution >= 0.6 is 0 Å². The smallest absolute Gasteiger partial charge is 0.321 e. The summed E-state index contributed by atoms with van der Waals surface area (Å²) in [4.78, 5) is 16.9. The fourth-order valence-electron chi connectivity index (χ4n) is 3.56. The third kappa shape index (κ3) is 4.28. The van der Waals surface area contributed by atoms with E-state index in [1.807, 2.05) is 31.1 Å². The van der Waals surface area contributed by atoms with Crippen LogP contribution in [0.1, 0.15) is 30.4 Å². The molecule has 1 saturated heterocycles. The molecule has 1 aliphatic heterocycles. The second-order valence-corrected chi connectivity index (χ2v) is 7.11. The van der Waals surface area contributed by atoms with Crippen LogP contribution in [0.3, 0.4) is 0 Å². The van der Waals surface area contributed by atoms with Gasteiger partial charge in [0, 0.05) is 31.9 Å². The first-order chi connectivity index (χ1) is 11.6. The van der Waals surface area contributed by atoms with Crippen LogP contribution in [0.15, 0.2) is 18.2 Å². The van der Waals surface area contributed by atoms with E-state index in [2.05, 4.69) is 16.3 Å². The normalized spacial score (nSPS) is 19.5. The molecule has 5 nitrogen and oxygen atoms in total. The van der Waals surface area contributed by atoms with Crippen LogP contribution < -0.4 is 5.32 Å². The summed E-state index contributed by atoms with van der Waals surface area (Å²) in [5, 5.41) is 3.15. The van der Waals surface area contributed by atoms with Gasteiger partial charge in [-0.1, -0.05) is 12.1 Å². The number of fused-ring (bicyclic) bond motifs is 1. The SMILES string of the molecule is CN(C)CCN(CC1CCCO1)C(=O)Nc1cccc2c1CCC2. The summed E-state index contributed by atoms with van der Waals surface area (Å²) in [5.74, 6) is 0. The van der Waals surface area contributed by atoms with E-state index in [4.69, 9.17) is 4.74 Å². The molecule has 0 saturated carbocycles. The van der Waals surface area contributed by atoms with E-state index in [1.54, 1.807) is 0 Å². The first-order valence-corrected chi connectivity index (χ1v) is 9.06. The van der Waals surface area contributed by atoms with Gasteiger partial charge in [0.15, 0.2) is 0 Å². The van der Waals surface area contributed by atoms with Gasteiger partial charge in [0.2, 0.25) is 0 Å². The molecular formula is C19H29N3O2. The number of carbonyl (C=O) groups is 1. The molecule has 1 aromatic rings. The molecule has 1 heterocycles. The number of rotatable bonds is 6. The molecule has 0 bridgehead atoms. The summed E-state index contributed by atoms with van der Waals surface area (Å²) in [6.07, 6.45) is 5.70. The fraction of sp³-hybridized carbons (Fsp3) is 0.632. The Morgan fingerprint density at radius 2 is 2.12 bits per heavy atom. The number of urea groups is 1. The van der Waals surface area contributed by atoms with E-state index in [0.717, 1.165) is 44.5 Å². The number of nitrogens with zero attached hydrogens (tertiary/aromatic N) is 2. The van der Waals surface area contributed by atoms with E-state index in [-0.39, 0.29) is 12.1 Å². The lowest BCUT2D eigenvalue weighted by atomic mass is 10.1. The molecule has 1 atom stereocenters. The number of benzene rings is 1. The highest BCUT2D eigenvalue weighted by atomic mass is 16.5. The molecule has 3 rings (SSSR count). The number of anilines is 1. The molecule has 1 unspecified atom stereocenters. The Morgan fingerprint density at radius 1 is 1.25 bits per heavy atom. The molecule has 0 aromatic heterocycles. The third-order valence-electron chi connectivity index (χ3n) is 4.94. The molecule has 1 aromatic carbocycles. The zero-order chi connectivity index (χ0) is 16.9. The van der Waals surface area contributed by atoms with Crippen molar-refractivity contribution in [1.82, 2.24) is 9.80 Å². The Hall–Kier alpha value is -1.59. The molecule has 1 N–H and O–H groups in total. The van der Waals surface area contributed by atoms with Crippen LogP contribution in [-0.4, -0.2) is 62.3 Å². The van der Waals surface area contributed by atoms with Gasteiger partial charge >= 0.3 is 6.03 Å². The maximum atomic E-state index is 12.9. The number of hydrogen-bond acceptors (Lipinski definition) is 3. The van der Waals surface area contributed by atoms with Crippen molar-refractivity contribution in [3.63, 3.8) is 0 Å². The van der Waals surface area contributed by atoms with E-state index in [1.165, 1.54) is 17.5 Å². The van der Waals surface area contributed by atoms with Gasteiger partial charge in [0.1, 0.15) is 0 Å². The molecule has 1 fully saturated rings. The summed E-state index contributed by atoms with van der Waals surface area (Å²) in [6.45, 7) is 3.06. The summed E-state index contributed by atoms with van der Waals surface area (Å²) < 4.78 is 5.73. The molecule has 5 heteroatoms. The summed E-state index contributed by atoms with van der Waals surface area (Å²) in [6, 6.07) is 6.24. The Morgan fingerprint density at radius 3 is 2.88 bits per heavy atom. The van der Waals surface area contributed by atoms with Gasteiger partial charge < -0.3 is 19.9 Å². The predicted octanol–water partition coefficient (Wildman–Crippen LogP) is 2.75. The molecule has 132 valence electrons. The third-order valence-corrected chi connectivity index (χ3v) is 4.94. The quantitative estimate of drug-likeness (QED) is 0.872. The highest BCUT2D eigenvalue weighted by molar-refractivity contribution is 5.90. The average molecular weight is 331 g/mol. The molecule has 24 heavy (non-hydrogen) atoms. The van der Waals surface area contributed by atoms with Gasteiger partial charge in [-0.05, 0) is 63.4 Å². The predicted molar refractivity (Wildman–Crippen MR) is 96.6 cm³/mol. The van der Waals surface area contributed by atoms with Crippen LogP contribution in [0.4, 0.5) is 10.5 Å². The van der Waals surface area contributed by atoms with Crippen LogP contribution in [0, 0.1) is 0 Å². The molecule has 0 radical (unpaired) electrons. The minimum atomic E-state index is -0.00681. The minimum Gasteiger partial charge on any atom is -0.376 e. The molecule has 2 amide bonds. The van der Waals surface area contributed by atoms with Crippen LogP contribution in [0.2, 0.25) is 0 Å². The van der Waals surface area contributed by atoms with Gasteiger partial charge in [-0.25, -0.2) is 4.79 Å². The lowest BCUT2D eigenvalue weighted by Gasteiger charge is -2.27. The van der Waals surface area contributed by atoms with Crippen molar-refractivity contribution in [2.24, 2.45) is 0 Å². The zero-order valence-corrected chi connectivity index (χ0v) is 14.9. The monoisotopic (exact) mass is 331 g/mol. The number of aryl methyl sites for hydroxylation is 1. The van der Waals surface area contributed by atoms with Crippen molar-refractivity contribution in [2.75, 3.05) is 45.7 Å². The second-order valence-electron chi connectivity index (χ2n) is 7.11. The maximum absolute atomic E-state index is 12.9. The van der Waals surface area contributed by atoms with Crippen molar-refractivity contribution >= 4 is 11.7 Å². The van der Waals surface area contributed by atoms with Gasteiger partial charge in [0.25, 0.3) is 0 Å². The highest BCUT2D eigenvalue weighted by Gasteiger charge is 2.24. The number of hydrogen-bond donors (Lipinski definition) is 1. The zero-order valence-electron chi connectivity index (χ0n) is 14.9. The lowest BCUT2D eigenvalue weighted by molar-refractivity contribution is 0.0820. The van der Waals surface area contributed by atoms with Crippen LogP contribution in [0.25, 0.3) is 0 Å². The first-order valence-electron chi connectivity index (χ1n) is 9.06. The standard InChI is InChI=1S/C19H29N3O2/c1-21(2)11-12-22(14-16-8-5-13-24-16)19(23)20-18-10-4-7-15-6-3-9-17(15)18/h4,7,10,16H,3,5-6,8-9,11-14H2,1-2H3,(H,20,23). The van der Waals surface area contributed by atoms with Gasteiger partial charge in [-0.3, -0.25) is 0 Å².